The number of hydrogen-bond acceptors (Lipinski definition) is 6. The molecule has 0 aromatic heterocycles. The van der Waals surface area contributed by atoms with E-state index in [1.807, 2.05) is 0 Å². The van der Waals surface area contributed by atoms with Crippen molar-refractivity contribution in [3.05, 3.63) is 58.8 Å². The molecule has 144 valence electrons. The highest BCUT2D eigenvalue weighted by molar-refractivity contribution is 8.18. The molecule has 0 spiro atoms. The van der Waals surface area contributed by atoms with Gasteiger partial charge in [-0.3, -0.25) is 9.59 Å². The third kappa shape index (κ3) is 4.68. The number of ether oxygens (including phenoxy) is 2. The number of nitrogens with zero attached hydrogens (tertiary/aromatic N) is 1. The zero-order valence-electron chi connectivity index (χ0n) is 14.8. The summed E-state index contributed by atoms with van der Waals surface area (Å²) in [6.07, 6.45) is 1.64. The number of halogens is 1. The zero-order valence-corrected chi connectivity index (χ0v) is 15.6. The summed E-state index contributed by atoms with van der Waals surface area (Å²) in [5.74, 6) is -0.673. The molecule has 3 N–H and O–H groups in total. The standard InChI is InChI=1S/C19H16FN3O4S/c1-26-15-8-11(6-7-14(15)27-10-17(21)24)9-16-18(25)23-19(28-16)22-13-5-3-2-4-12(13)20/h2-9H,10H2,1H3,(H2,21,24)(H,22,23,25)/b16-9-. The fourth-order valence-electron chi connectivity index (χ4n) is 2.33. The third-order valence-corrected chi connectivity index (χ3v) is 4.49. The van der Waals surface area contributed by atoms with Gasteiger partial charge in [-0.15, -0.1) is 0 Å². The van der Waals surface area contributed by atoms with Gasteiger partial charge in [0, 0.05) is 0 Å². The van der Waals surface area contributed by atoms with Crippen molar-refractivity contribution in [1.29, 1.82) is 0 Å². The van der Waals surface area contributed by atoms with E-state index in [1.165, 1.54) is 19.2 Å². The molecule has 0 atom stereocenters. The first kappa shape index (κ1) is 19.4. The van der Waals surface area contributed by atoms with Crippen LogP contribution in [0.4, 0.5) is 10.1 Å². The van der Waals surface area contributed by atoms with Crippen molar-refractivity contribution in [3.63, 3.8) is 0 Å². The maximum atomic E-state index is 13.7. The Labute approximate surface area is 164 Å². The Kier molecular flexibility index (Phi) is 5.95. The summed E-state index contributed by atoms with van der Waals surface area (Å²) in [5.41, 5.74) is 5.88. The number of carbonyl (C=O) groups excluding carboxylic acids is 2. The average molecular weight is 401 g/mol. The molecule has 1 aliphatic rings. The van der Waals surface area contributed by atoms with Crippen molar-refractivity contribution in [1.82, 2.24) is 5.32 Å². The number of nitrogens with two attached hydrogens (primary N) is 1. The van der Waals surface area contributed by atoms with Crippen LogP contribution in [0, 0.1) is 5.82 Å². The maximum Gasteiger partial charge on any atom is 0.264 e. The minimum Gasteiger partial charge on any atom is -0.493 e. The lowest BCUT2D eigenvalue weighted by atomic mass is 10.2. The summed E-state index contributed by atoms with van der Waals surface area (Å²) in [6.45, 7) is -0.273. The first-order valence-electron chi connectivity index (χ1n) is 8.09. The number of aliphatic imine (C=N–C) groups is 1. The molecule has 7 nitrogen and oxygen atoms in total. The van der Waals surface area contributed by atoms with Crippen molar-refractivity contribution in [2.45, 2.75) is 0 Å². The number of rotatable bonds is 6. The Balaban J connectivity index is 1.80. The van der Waals surface area contributed by atoms with E-state index in [4.69, 9.17) is 15.2 Å². The van der Waals surface area contributed by atoms with Crippen LogP contribution in [0.5, 0.6) is 11.5 Å². The fraction of sp³-hybridized carbons (Fsp3) is 0.105. The minimum absolute atomic E-state index is 0.143. The topological polar surface area (TPSA) is 103 Å². The largest absolute Gasteiger partial charge is 0.493 e. The molecule has 2 aromatic carbocycles. The van der Waals surface area contributed by atoms with E-state index < -0.39 is 11.7 Å². The molecule has 0 saturated carbocycles. The highest BCUT2D eigenvalue weighted by atomic mass is 32.2. The van der Waals surface area contributed by atoms with Gasteiger partial charge in [-0.25, -0.2) is 9.38 Å². The molecule has 3 rings (SSSR count). The molecule has 2 amide bonds. The number of carbonyl (C=O) groups is 2. The molecule has 9 heteroatoms. The van der Waals surface area contributed by atoms with Gasteiger partial charge in [0.15, 0.2) is 23.3 Å². The second kappa shape index (κ2) is 8.57. The second-order valence-electron chi connectivity index (χ2n) is 5.60. The van der Waals surface area contributed by atoms with Crippen LogP contribution < -0.4 is 20.5 Å². The van der Waals surface area contributed by atoms with Gasteiger partial charge in [-0.05, 0) is 47.7 Å². The number of para-hydroxylation sites is 1. The third-order valence-electron chi connectivity index (χ3n) is 3.58. The van der Waals surface area contributed by atoms with Crippen molar-refractivity contribution in [2.75, 3.05) is 13.7 Å². The van der Waals surface area contributed by atoms with Crippen molar-refractivity contribution < 1.29 is 23.5 Å². The molecule has 2 aromatic rings. The average Bonchev–Trinajstić information content (AvgIpc) is 3.01. The Hall–Kier alpha value is -3.33. The number of thioether (sulfide) groups is 1. The monoisotopic (exact) mass is 401 g/mol. The lowest BCUT2D eigenvalue weighted by molar-refractivity contribution is -0.120. The summed E-state index contributed by atoms with van der Waals surface area (Å²) < 4.78 is 24.2. The van der Waals surface area contributed by atoms with E-state index in [1.54, 1.807) is 36.4 Å². The van der Waals surface area contributed by atoms with Gasteiger partial charge in [0.25, 0.3) is 11.8 Å². The number of benzene rings is 2. The normalized spacial score (nSPS) is 16.3. The Morgan fingerprint density at radius 2 is 2.07 bits per heavy atom. The lowest BCUT2D eigenvalue weighted by Crippen LogP contribution is -2.20. The van der Waals surface area contributed by atoms with Crippen LogP contribution in [-0.2, 0) is 9.59 Å². The summed E-state index contributed by atoms with van der Waals surface area (Å²) in [4.78, 5) is 27.6. The first-order chi connectivity index (χ1) is 13.5. The van der Waals surface area contributed by atoms with Gasteiger partial charge in [-0.1, -0.05) is 18.2 Å². The van der Waals surface area contributed by atoms with Crippen LogP contribution in [-0.4, -0.2) is 30.7 Å². The molecule has 28 heavy (non-hydrogen) atoms. The minimum atomic E-state index is -0.603. The Morgan fingerprint density at radius 1 is 1.29 bits per heavy atom. The first-order valence-corrected chi connectivity index (χ1v) is 8.91. The van der Waals surface area contributed by atoms with E-state index in [9.17, 15) is 14.0 Å². The van der Waals surface area contributed by atoms with Gasteiger partial charge in [0.2, 0.25) is 0 Å². The van der Waals surface area contributed by atoms with Gasteiger partial charge in [0.05, 0.1) is 12.0 Å². The predicted octanol–water partition coefficient (Wildman–Crippen LogP) is 2.59. The quantitative estimate of drug-likeness (QED) is 0.725. The highest BCUT2D eigenvalue weighted by Gasteiger charge is 2.24. The molecule has 1 heterocycles. The molecule has 0 bridgehead atoms. The summed E-state index contributed by atoms with van der Waals surface area (Å²) in [6, 6.07) is 11.0. The number of amides is 2. The van der Waals surface area contributed by atoms with Crippen LogP contribution in [0.3, 0.4) is 0 Å². The SMILES string of the molecule is COc1cc(/C=C2\SC(=Nc3ccccc3F)NC2=O)ccc1OCC(N)=O. The molecule has 0 aliphatic carbocycles. The van der Waals surface area contributed by atoms with Crippen molar-refractivity contribution in [3.8, 4) is 11.5 Å². The smallest absolute Gasteiger partial charge is 0.264 e. The number of hydrogen-bond donors (Lipinski definition) is 2. The summed E-state index contributed by atoms with van der Waals surface area (Å²) in [5, 5.41) is 2.89. The van der Waals surface area contributed by atoms with Gasteiger partial charge < -0.3 is 20.5 Å². The molecule has 1 aliphatic heterocycles. The summed E-state index contributed by atoms with van der Waals surface area (Å²) in [7, 11) is 1.46. The number of amidine groups is 1. The number of nitrogens with one attached hydrogen (secondary N) is 1. The fourth-order valence-corrected chi connectivity index (χ4v) is 3.16. The second-order valence-corrected chi connectivity index (χ2v) is 6.63. The van der Waals surface area contributed by atoms with Crippen LogP contribution in [0.15, 0.2) is 52.4 Å². The van der Waals surface area contributed by atoms with E-state index in [0.29, 0.717) is 22.0 Å². The summed E-state index contributed by atoms with van der Waals surface area (Å²) >= 11 is 1.10. The van der Waals surface area contributed by atoms with Gasteiger partial charge in [0.1, 0.15) is 11.5 Å². The van der Waals surface area contributed by atoms with E-state index in [0.717, 1.165) is 11.8 Å². The van der Waals surface area contributed by atoms with Crippen molar-refractivity contribution >= 4 is 40.5 Å². The molecule has 0 unspecified atom stereocenters. The van der Waals surface area contributed by atoms with Crippen LogP contribution >= 0.6 is 11.8 Å². The molecular weight excluding hydrogens is 385 g/mol. The zero-order chi connectivity index (χ0) is 20.1. The molecule has 1 fully saturated rings. The van der Waals surface area contributed by atoms with Crippen LogP contribution in [0.25, 0.3) is 6.08 Å². The van der Waals surface area contributed by atoms with E-state index >= 15 is 0 Å². The highest BCUT2D eigenvalue weighted by Crippen LogP contribution is 2.32. The van der Waals surface area contributed by atoms with E-state index in [2.05, 4.69) is 10.3 Å². The number of methoxy groups -OCH3 is 1. The van der Waals surface area contributed by atoms with Gasteiger partial charge >= 0.3 is 0 Å². The van der Waals surface area contributed by atoms with Crippen LogP contribution in [0.1, 0.15) is 5.56 Å². The molecule has 1 saturated heterocycles. The lowest BCUT2D eigenvalue weighted by Gasteiger charge is -2.10. The number of primary amides is 1. The Morgan fingerprint density at radius 3 is 2.79 bits per heavy atom. The Bertz CT molecular complexity index is 991. The molecule has 0 radical (unpaired) electrons. The molecular formula is C19H16FN3O4S. The predicted molar refractivity (Wildman–Crippen MR) is 105 cm³/mol. The maximum absolute atomic E-state index is 13.7. The van der Waals surface area contributed by atoms with Crippen LogP contribution in [0.2, 0.25) is 0 Å². The van der Waals surface area contributed by atoms with Gasteiger partial charge in [-0.2, -0.15) is 0 Å². The van der Waals surface area contributed by atoms with E-state index in [-0.39, 0.29) is 23.4 Å². The van der Waals surface area contributed by atoms with Crippen molar-refractivity contribution in [2.24, 2.45) is 10.7 Å².